The predicted octanol–water partition coefficient (Wildman–Crippen LogP) is 4.66. The Morgan fingerprint density at radius 2 is 2.11 bits per heavy atom. The molecule has 1 atom stereocenters. The number of hydrogen-bond donors (Lipinski definition) is 1. The summed E-state index contributed by atoms with van der Waals surface area (Å²) in [6.07, 6.45) is 3.05. The van der Waals surface area contributed by atoms with E-state index in [1.165, 1.54) is 11.0 Å². The van der Waals surface area contributed by atoms with Crippen LogP contribution in [0.3, 0.4) is 0 Å². The lowest BCUT2D eigenvalue weighted by Gasteiger charge is -2.33. The van der Waals surface area contributed by atoms with E-state index in [0.717, 1.165) is 28.8 Å². The average Bonchev–Trinajstić information content (AvgIpc) is 3.57. The Bertz CT molecular complexity index is 1300. The zero-order chi connectivity index (χ0) is 24.2. The smallest absolute Gasteiger partial charge is 0.310 e. The van der Waals surface area contributed by atoms with Crippen molar-refractivity contribution in [2.24, 2.45) is 5.92 Å². The quantitative estimate of drug-likeness (QED) is 0.376. The fourth-order valence-electron chi connectivity index (χ4n) is 4.33. The Labute approximate surface area is 206 Å². The van der Waals surface area contributed by atoms with Crippen LogP contribution in [0.5, 0.6) is 0 Å². The maximum absolute atomic E-state index is 13.2. The SMILES string of the molecule is CCOC(=O)[C@@H]1CCCN(c2nc(-c3cc4ccccc4s3)ccc2C(=O)NCc2ccon2)C1. The molecule has 1 saturated heterocycles. The van der Waals surface area contributed by atoms with E-state index in [9.17, 15) is 9.59 Å². The molecule has 1 aliphatic rings. The van der Waals surface area contributed by atoms with Crippen LogP contribution in [-0.2, 0) is 16.1 Å². The van der Waals surface area contributed by atoms with Crippen LogP contribution in [0.15, 0.2) is 59.3 Å². The van der Waals surface area contributed by atoms with Gasteiger partial charge < -0.3 is 19.5 Å². The predicted molar refractivity (Wildman–Crippen MR) is 134 cm³/mol. The molecule has 0 radical (unpaired) electrons. The highest BCUT2D eigenvalue weighted by molar-refractivity contribution is 7.22. The van der Waals surface area contributed by atoms with Crippen molar-refractivity contribution >= 4 is 39.1 Å². The molecule has 9 heteroatoms. The lowest BCUT2D eigenvalue weighted by Crippen LogP contribution is -2.41. The Morgan fingerprint density at radius 3 is 2.91 bits per heavy atom. The Hall–Kier alpha value is -3.72. The van der Waals surface area contributed by atoms with Crippen molar-refractivity contribution in [2.45, 2.75) is 26.3 Å². The normalized spacial score (nSPS) is 15.8. The lowest BCUT2D eigenvalue weighted by atomic mass is 9.97. The van der Waals surface area contributed by atoms with Gasteiger partial charge in [-0.05, 0) is 49.4 Å². The lowest BCUT2D eigenvalue weighted by molar-refractivity contribution is -0.148. The van der Waals surface area contributed by atoms with Crippen LogP contribution in [0, 0.1) is 5.92 Å². The maximum atomic E-state index is 13.2. The van der Waals surface area contributed by atoms with Crippen molar-refractivity contribution in [3.05, 3.63) is 66.1 Å². The minimum Gasteiger partial charge on any atom is -0.466 e. The Balaban J connectivity index is 1.48. The molecule has 5 rings (SSSR count). The van der Waals surface area contributed by atoms with Crippen molar-refractivity contribution in [2.75, 3.05) is 24.6 Å². The highest BCUT2D eigenvalue weighted by atomic mass is 32.1. The molecule has 0 spiro atoms. The fourth-order valence-corrected chi connectivity index (χ4v) is 5.36. The number of thiophene rings is 1. The van der Waals surface area contributed by atoms with Gasteiger partial charge in [0.15, 0.2) is 0 Å². The van der Waals surface area contributed by atoms with Crippen LogP contribution >= 0.6 is 11.3 Å². The van der Waals surface area contributed by atoms with Gasteiger partial charge in [0, 0.05) is 23.9 Å². The summed E-state index contributed by atoms with van der Waals surface area (Å²) in [5.74, 6) is -0.123. The molecule has 0 saturated carbocycles. The van der Waals surface area contributed by atoms with Gasteiger partial charge in [-0.3, -0.25) is 9.59 Å². The number of ether oxygens (including phenoxy) is 1. The molecule has 1 aliphatic heterocycles. The van der Waals surface area contributed by atoms with E-state index in [2.05, 4.69) is 28.7 Å². The number of anilines is 1. The highest BCUT2D eigenvalue weighted by Crippen LogP contribution is 2.35. The second-order valence-corrected chi connectivity index (χ2v) is 9.51. The Morgan fingerprint density at radius 1 is 1.23 bits per heavy atom. The van der Waals surface area contributed by atoms with Crippen molar-refractivity contribution in [1.82, 2.24) is 15.5 Å². The average molecular weight is 491 g/mol. The summed E-state index contributed by atoms with van der Waals surface area (Å²) in [5.41, 5.74) is 1.89. The number of nitrogens with one attached hydrogen (secondary N) is 1. The van der Waals surface area contributed by atoms with Gasteiger partial charge in [-0.1, -0.05) is 23.4 Å². The molecule has 4 aromatic rings. The van der Waals surface area contributed by atoms with Crippen LogP contribution < -0.4 is 10.2 Å². The van der Waals surface area contributed by atoms with Crippen molar-refractivity contribution in [3.8, 4) is 10.6 Å². The summed E-state index contributed by atoms with van der Waals surface area (Å²) < 4.78 is 11.3. The first kappa shape index (κ1) is 23.0. The fraction of sp³-hybridized carbons (Fsp3) is 0.308. The molecule has 1 fully saturated rings. The van der Waals surface area contributed by atoms with Crippen LogP contribution in [0.1, 0.15) is 35.8 Å². The molecule has 0 aliphatic carbocycles. The van der Waals surface area contributed by atoms with Gasteiger partial charge in [0.2, 0.25) is 0 Å². The number of fused-ring (bicyclic) bond motifs is 1. The second kappa shape index (κ2) is 10.3. The van der Waals surface area contributed by atoms with Gasteiger partial charge in [0.25, 0.3) is 5.91 Å². The van der Waals surface area contributed by atoms with E-state index in [1.54, 1.807) is 17.4 Å². The van der Waals surface area contributed by atoms with E-state index in [4.69, 9.17) is 14.2 Å². The number of piperidine rings is 1. The number of esters is 1. The first-order valence-electron chi connectivity index (χ1n) is 11.7. The number of amides is 1. The first-order chi connectivity index (χ1) is 17.1. The number of hydrogen-bond acceptors (Lipinski definition) is 8. The minimum absolute atomic E-state index is 0.199. The number of pyridine rings is 1. The summed E-state index contributed by atoms with van der Waals surface area (Å²) in [6, 6.07) is 15.7. The molecule has 0 bridgehead atoms. The second-order valence-electron chi connectivity index (χ2n) is 8.43. The monoisotopic (exact) mass is 490 g/mol. The van der Waals surface area contributed by atoms with Crippen molar-refractivity contribution < 1.29 is 18.8 Å². The number of aromatic nitrogens is 2. The molecular formula is C26H26N4O4S. The third-order valence-corrected chi connectivity index (χ3v) is 7.20. The minimum atomic E-state index is -0.253. The van der Waals surface area contributed by atoms with E-state index >= 15 is 0 Å². The van der Waals surface area contributed by atoms with Crippen LogP contribution in [0.25, 0.3) is 20.7 Å². The molecule has 3 aromatic heterocycles. The first-order valence-corrected chi connectivity index (χ1v) is 12.5. The summed E-state index contributed by atoms with van der Waals surface area (Å²) in [4.78, 5) is 33.7. The third-order valence-electron chi connectivity index (χ3n) is 6.06. The van der Waals surface area contributed by atoms with Gasteiger partial charge in [-0.25, -0.2) is 4.98 Å². The molecule has 180 valence electrons. The number of benzene rings is 1. The zero-order valence-electron chi connectivity index (χ0n) is 19.4. The molecule has 1 aromatic carbocycles. The van der Waals surface area contributed by atoms with E-state index in [1.807, 2.05) is 36.1 Å². The number of carbonyl (C=O) groups excluding carboxylic acids is 2. The zero-order valence-corrected chi connectivity index (χ0v) is 20.2. The summed E-state index contributed by atoms with van der Waals surface area (Å²) in [7, 11) is 0. The van der Waals surface area contributed by atoms with Gasteiger partial charge >= 0.3 is 5.97 Å². The topological polar surface area (TPSA) is 97.6 Å². The molecule has 0 unspecified atom stereocenters. The van der Waals surface area contributed by atoms with Crippen LogP contribution in [0.4, 0.5) is 5.82 Å². The van der Waals surface area contributed by atoms with E-state index < -0.39 is 0 Å². The van der Waals surface area contributed by atoms with Crippen LogP contribution in [0.2, 0.25) is 0 Å². The third kappa shape index (κ3) is 5.05. The van der Waals surface area contributed by atoms with Gasteiger partial charge in [-0.15, -0.1) is 11.3 Å². The molecule has 1 N–H and O–H groups in total. The van der Waals surface area contributed by atoms with Crippen molar-refractivity contribution in [1.29, 1.82) is 0 Å². The van der Waals surface area contributed by atoms with Crippen LogP contribution in [-0.4, -0.2) is 41.7 Å². The van der Waals surface area contributed by atoms with Gasteiger partial charge in [0.05, 0.1) is 35.2 Å². The van der Waals surface area contributed by atoms with Gasteiger partial charge in [-0.2, -0.15) is 0 Å². The maximum Gasteiger partial charge on any atom is 0.310 e. The largest absolute Gasteiger partial charge is 0.466 e. The summed E-state index contributed by atoms with van der Waals surface area (Å²) in [5, 5.41) is 7.91. The highest BCUT2D eigenvalue weighted by Gasteiger charge is 2.30. The number of carbonyl (C=O) groups is 2. The number of rotatable bonds is 7. The molecule has 8 nitrogen and oxygen atoms in total. The van der Waals surface area contributed by atoms with E-state index in [0.29, 0.717) is 36.8 Å². The summed E-state index contributed by atoms with van der Waals surface area (Å²) in [6.45, 7) is 3.59. The number of nitrogens with zero attached hydrogens (tertiary/aromatic N) is 3. The van der Waals surface area contributed by atoms with E-state index in [-0.39, 0.29) is 24.3 Å². The van der Waals surface area contributed by atoms with Gasteiger partial charge in [0.1, 0.15) is 17.8 Å². The molecule has 4 heterocycles. The summed E-state index contributed by atoms with van der Waals surface area (Å²) >= 11 is 1.67. The Kier molecular flexibility index (Phi) is 6.76. The molecular weight excluding hydrogens is 464 g/mol. The molecule has 1 amide bonds. The molecule has 35 heavy (non-hydrogen) atoms. The standard InChI is InChI=1S/C26H26N4O4S/c1-2-33-26(32)18-7-5-12-30(16-18)24-20(25(31)27-15-19-11-13-34-29-19)9-10-21(28-24)23-14-17-6-3-4-8-22(17)35-23/h3-4,6,8-11,13-14,18H,2,5,7,12,15-16H2,1H3,(H,27,31)/t18-/m1/s1. The van der Waals surface area contributed by atoms with Crippen molar-refractivity contribution in [3.63, 3.8) is 0 Å².